The fraction of sp³-hybridized carbons (Fsp3) is 0.100. The molecule has 0 fully saturated rings. The molecule has 1 aromatic rings. The third-order valence-electron chi connectivity index (χ3n) is 1.84. The van der Waals surface area contributed by atoms with Gasteiger partial charge < -0.3 is 5.11 Å². The Morgan fingerprint density at radius 3 is 2.60 bits per heavy atom. The monoisotopic (exact) mass is 207 g/mol. The van der Waals surface area contributed by atoms with Gasteiger partial charge in [0.1, 0.15) is 0 Å². The van der Waals surface area contributed by atoms with Gasteiger partial charge in [0.25, 0.3) is 0 Å². The molecule has 1 N–H and O–H groups in total. The first kappa shape index (κ1) is 10.9. The van der Waals surface area contributed by atoms with Crippen molar-refractivity contribution in [1.82, 2.24) is 0 Å². The van der Waals surface area contributed by atoms with Crippen molar-refractivity contribution in [2.45, 2.75) is 6.92 Å². The second-order valence-corrected chi connectivity index (χ2v) is 2.94. The molecule has 0 aliphatic carbocycles. The predicted molar refractivity (Wildman–Crippen MR) is 54.0 cm³/mol. The summed E-state index contributed by atoms with van der Waals surface area (Å²) >= 11 is 0. The van der Waals surface area contributed by atoms with Gasteiger partial charge in [0.05, 0.1) is 10.5 Å². The number of hydrogen-bond donors (Lipinski definition) is 1. The average molecular weight is 207 g/mol. The van der Waals surface area contributed by atoms with Gasteiger partial charge in [-0.1, -0.05) is 18.2 Å². The van der Waals surface area contributed by atoms with Crippen LogP contribution in [-0.2, 0) is 0 Å². The molecule has 5 nitrogen and oxygen atoms in total. The summed E-state index contributed by atoms with van der Waals surface area (Å²) in [5.74, 6) is -1.10. The number of benzene rings is 1. The third kappa shape index (κ3) is 2.63. The van der Waals surface area contributed by atoms with E-state index in [-0.39, 0.29) is 11.3 Å². The molecule has 78 valence electrons. The summed E-state index contributed by atoms with van der Waals surface area (Å²) in [5.41, 5.74) is 0.293. The Morgan fingerprint density at radius 2 is 2.07 bits per heavy atom. The van der Waals surface area contributed by atoms with Gasteiger partial charge >= 0.3 is 5.97 Å². The number of nitro groups is 1. The molecule has 5 heteroatoms. The van der Waals surface area contributed by atoms with Gasteiger partial charge in [-0.3, -0.25) is 10.1 Å². The molecule has 0 aliphatic rings. The van der Waals surface area contributed by atoms with E-state index in [0.717, 1.165) is 0 Å². The van der Waals surface area contributed by atoms with Crippen molar-refractivity contribution in [2.75, 3.05) is 0 Å². The highest BCUT2D eigenvalue weighted by Crippen LogP contribution is 2.13. The van der Waals surface area contributed by atoms with Crippen molar-refractivity contribution in [3.63, 3.8) is 0 Å². The van der Waals surface area contributed by atoms with Crippen LogP contribution in [-0.4, -0.2) is 16.0 Å². The number of nitrogens with zero attached hydrogens (tertiary/aromatic N) is 1. The SMILES string of the molecule is C/C(=C\c1ccccc1C(=O)O)[N+](=O)[O-]. The molecule has 0 spiro atoms. The zero-order valence-corrected chi connectivity index (χ0v) is 8.01. The lowest BCUT2D eigenvalue weighted by Gasteiger charge is -1.99. The lowest BCUT2D eigenvalue weighted by Crippen LogP contribution is -2.00. The van der Waals surface area contributed by atoms with Crippen molar-refractivity contribution in [2.24, 2.45) is 0 Å². The predicted octanol–water partition coefficient (Wildman–Crippen LogP) is 2.02. The maximum Gasteiger partial charge on any atom is 0.336 e. The fourth-order valence-electron chi connectivity index (χ4n) is 1.10. The van der Waals surface area contributed by atoms with E-state index in [1.165, 1.54) is 25.1 Å². The quantitative estimate of drug-likeness (QED) is 0.607. The maximum atomic E-state index is 10.8. The number of rotatable bonds is 3. The van der Waals surface area contributed by atoms with Crippen molar-refractivity contribution in [1.29, 1.82) is 0 Å². The Balaban J connectivity index is 3.20. The van der Waals surface area contributed by atoms with E-state index in [1.54, 1.807) is 12.1 Å². The second kappa shape index (κ2) is 4.36. The van der Waals surface area contributed by atoms with Crippen LogP contribution in [0.2, 0.25) is 0 Å². The molecule has 15 heavy (non-hydrogen) atoms. The van der Waals surface area contributed by atoms with Crippen molar-refractivity contribution >= 4 is 12.0 Å². The van der Waals surface area contributed by atoms with Crippen LogP contribution in [0.5, 0.6) is 0 Å². The minimum Gasteiger partial charge on any atom is -0.478 e. The number of aromatic carboxylic acids is 1. The van der Waals surface area contributed by atoms with E-state index in [4.69, 9.17) is 5.11 Å². The highest BCUT2D eigenvalue weighted by Gasteiger charge is 2.09. The molecule has 1 rings (SSSR count). The van der Waals surface area contributed by atoms with E-state index in [9.17, 15) is 14.9 Å². The first-order chi connectivity index (χ1) is 7.02. The Morgan fingerprint density at radius 1 is 1.47 bits per heavy atom. The number of carbonyl (C=O) groups is 1. The Bertz CT molecular complexity index is 437. The third-order valence-corrected chi connectivity index (χ3v) is 1.84. The van der Waals surface area contributed by atoms with Crippen molar-refractivity contribution in [3.8, 4) is 0 Å². The molecule has 1 aromatic carbocycles. The first-order valence-electron chi connectivity index (χ1n) is 4.17. The van der Waals surface area contributed by atoms with Gasteiger partial charge in [-0.05, 0) is 11.6 Å². The molecule has 0 saturated carbocycles. The van der Waals surface area contributed by atoms with Crippen LogP contribution in [0.25, 0.3) is 6.08 Å². The minimum atomic E-state index is -1.10. The number of allylic oxidation sites excluding steroid dienone is 1. The summed E-state index contributed by atoms with van der Waals surface area (Å²) in [7, 11) is 0. The summed E-state index contributed by atoms with van der Waals surface area (Å²) < 4.78 is 0. The molecule has 0 heterocycles. The molecule has 0 aliphatic heterocycles. The van der Waals surface area contributed by atoms with E-state index in [1.807, 2.05) is 0 Å². The lowest BCUT2D eigenvalue weighted by molar-refractivity contribution is -0.422. The summed E-state index contributed by atoms with van der Waals surface area (Å²) in [6, 6.07) is 6.13. The molecular weight excluding hydrogens is 198 g/mol. The lowest BCUT2D eigenvalue weighted by atomic mass is 10.1. The van der Waals surface area contributed by atoms with Crippen molar-refractivity contribution < 1.29 is 14.8 Å². The van der Waals surface area contributed by atoms with Gasteiger partial charge in [-0.2, -0.15) is 0 Å². The molecule has 0 amide bonds. The van der Waals surface area contributed by atoms with Crippen LogP contribution < -0.4 is 0 Å². The van der Waals surface area contributed by atoms with Crippen LogP contribution in [0.3, 0.4) is 0 Å². The molecule has 0 bridgehead atoms. The summed E-state index contributed by atoms with van der Waals surface area (Å²) in [6.45, 7) is 1.32. The Hall–Kier alpha value is -2.17. The van der Waals surface area contributed by atoms with Crippen LogP contribution in [0.1, 0.15) is 22.8 Å². The van der Waals surface area contributed by atoms with E-state index in [2.05, 4.69) is 0 Å². The first-order valence-corrected chi connectivity index (χ1v) is 4.17. The fourth-order valence-corrected chi connectivity index (χ4v) is 1.10. The summed E-state index contributed by atoms with van der Waals surface area (Å²) in [5, 5.41) is 19.2. The highest BCUT2D eigenvalue weighted by atomic mass is 16.6. The molecule has 0 radical (unpaired) electrons. The highest BCUT2D eigenvalue weighted by molar-refractivity contribution is 5.92. The molecule has 0 aromatic heterocycles. The smallest absolute Gasteiger partial charge is 0.336 e. The van der Waals surface area contributed by atoms with E-state index >= 15 is 0 Å². The van der Waals surface area contributed by atoms with Crippen LogP contribution in [0.4, 0.5) is 0 Å². The van der Waals surface area contributed by atoms with Crippen molar-refractivity contribution in [3.05, 3.63) is 51.2 Å². The van der Waals surface area contributed by atoms with Gasteiger partial charge in [-0.25, -0.2) is 4.79 Å². The van der Waals surface area contributed by atoms with Gasteiger partial charge in [-0.15, -0.1) is 0 Å². The van der Waals surface area contributed by atoms with Gasteiger partial charge in [0.15, 0.2) is 0 Å². The maximum absolute atomic E-state index is 10.8. The number of carboxylic acid groups (broad SMARTS) is 1. The van der Waals surface area contributed by atoms with Crippen LogP contribution in [0, 0.1) is 10.1 Å². The largest absolute Gasteiger partial charge is 0.478 e. The Labute approximate surface area is 85.8 Å². The van der Waals surface area contributed by atoms with Crippen LogP contribution >= 0.6 is 0 Å². The van der Waals surface area contributed by atoms with Crippen LogP contribution in [0.15, 0.2) is 30.0 Å². The normalized spacial score (nSPS) is 11.1. The minimum absolute atomic E-state index is 0.0544. The van der Waals surface area contributed by atoms with Gasteiger partial charge in [0.2, 0.25) is 5.70 Å². The number of carboxylic acids is 1. The Kier molecular flexibility index (Phi) is 3.17. The van der Waals surface area contributed by atoms with E-state index in [0.29, 0.717) is 5.56 Å². The molecular formula is C10H9NO4. The number of hydrogen-bond acceptors (Lipinski definition) is 3. The van der Waals surface area contributed by atoms with E-state index < -0.39 is 10.9 Å². The second-order valence-electron chi connectivity index (χ2n) is 2.94. The molecule has 0 unspecified atom stereocenters. The zero-order valence-electron chi connectivity index (χ0n) is 8.01. The van der Waals surface area contributed by atoms with Gasteiger partial charge in [0, 0.05) is 13.0 Å². The zero-order chi connectivity index (χ0) is 11.4. The average Bonchev–Trinajstić information content (AvgIpc) is 2.18. The molecule has 0 atom stereocenters. The summed E-state index contributed by atoms with van der Waals surface area (Å²) in [4.78, 5) is 20.6. The molecule has 0 saturated heterocycles. The standard InChI is InChI=1S/C10H9NO4/c1-7(11(14)15)6-8-4-2-3-5-9(8)10(12)13/h2-6H,1H3,(H,12,13)/b7-6+. The summed E-state index contributed by atoms with van der Waals surface area (Å²) in [6.07, 6.45) is 1.24. The topological polar surface area (TPSA) is 80.4 Å².